The molecule has 2 heteroatoms. The second kappa shape index (κ2) is 6.33. The van der Waals surface area contributed by atoms with Gasteiger partial charge in [-0.05, 0) is 30.4 Å². The summed E-state index contributed by atoms with van der Waals surface area (Å²) in [5, 5.41) is 2.46. The van der Waals surface area contributed by atoms with Crippen LogP contribution in [-0.2, 0) is 6.42 Å². The minimum atomic E-state index is 1.08. The molecular formula is C15H20N2. The van der Waals surface area contributed by atoms with Gasteiger partial charge in [0.1, 0.15) is 0 Å². The van der Waals surface area contributed by atoms with Crippen molar-refractivity contribution in [1.29, 1.82) is 0 Å². The first-order valence-electron chi connectivity index (χ1n) is 6.59. The number of unbranched alkanes of at least 4 members (excludes halogenated alkanes) is 4. The Morgan fingerprint density at radius 2 is 1.82 bits per heavy atom. The van der Waals surface area contributed by atoms with Gasteiger partial charge in [-0.1, -0.05) is 32.6 Å². The molecule has 0 spiro atoms. The molecule has 0 aromatic carbocycles. The van der Waals surface area contributed by atoms with E-state index in [-0.39, 0.29) is 0 Å². The van der Waals surface area contributed by atoms with Crippen molar-refractivity contribution in [3.05, 3.63) is 36.4 Å². The first kappa shape index (κ1) is 12.0. The average Bonchev–Trinajstić information content (AvgIpc) is 2.39. The van der Waals surface area contributed by atoms with Gasteiger partial charge in [-0.25, -0.2) is 0 Å². The molecule has 2 nitrogen and oxygen atoms in total. The van der Waals surface area contributed by atoms with Crippen molar-refractivity contribution in [1.82, 2.24) is 9.97 Å². The van der Waals surface area contributed by atoms with Gasteiger partial charge in [0.2, 0.25) is 0 Å². The number of pyridine rings is 2. The summed E-state index contributed by atoms with van der Waals surface area (Å²) in [6.45, 7) is 2.25. The lowest BCUT2D eigenvalue weighted by atomic mass is 10.1. The van der Waals surface area contributed by atoms with Gasteiger partial charge in [0.25, 0.3) is 0 Å². The second-order valence-corrected chi connectivity index (χ2v) is 4.52. The van der Waals surface area contributed by atoms with Gasteiger partial charge in [-0.15, -0.1) is 0 Å². The number of aryl methyl sites for hydroxylation is 1. The largest absolute Gasteiger partial charge is 0.264 e. The number of aromatic nitrogens is 2. The van der Waals surface area contributed by atoms with E-state index in [1.807, 2.05) is 18.6 Å². The highest BCUT2D eigenvalue weighted by Crippen LogP contribution is 2.17. The first-order chi connectivity index (χ1) is 8.42. The molecular weight excluding hydrogens is 208 g/mol. The standard InChI is InChI=1S/C15H20N2/c1-2-3-4-5-6-7-15-14-12-16-10-8-13(14)9-11-17-15/h8-12H,2-7H2,1H3. The highest BCUT2D eigenvalue weighted by Gasteiger charge is 2.01. The fourth-order valence-electron chi connectivity index (χ4n) is 2.16. The molecule has 2 rings (SSSR count). The molecule has 0 unspecified atom stereocenters. The molecule has 0 aliphatic heterocycles. The Bertz CT molecular complexity index is 460. The number of rotatable bonds is 6. The Kier molecular flexibility index (Phi) is 4.48. The van der Waals surface area contributed by atoms with Crippen LogP contribution >= 0.6 is 0 Å². The number of nitrogens with zero attached hydrogens (tertiary/aromatic N) is 2. The average molecular weight is 228 g/mol. The van der Waals surface area contributed by atoms with E-state index in [9.17, 15) is 0 Å². The molecule has 0 N–H and O–H groups in total. The molecule has 0 saturated carbocycles. The number of hydrogen-bond acceptors (Lipinski definition) is 2. The van der Waals surface area contributed by atoms with Crippen LogP contribution in [0.3, 0.4) is 0 Å². The van der Waals surface area contributed by atoms with Gasteiger partial charge in [-0.3, -0.25) is 9.97 Å². The zero-order valence-electron chi connectivity index (χ0n) is 10.5. The molecule has 0 saturated heterocycles. The third-order valence-corrected chi connectivity index (χ3v) is 3.17. The SMILES string of the molecule is CCCCCCCc1nccc2ccncc12. The predicted octanol–water partition coefficient (Wildman–Crippen LogP) is 4.14. The highest BCUT2D eigenvalue weighted by molar-refractivity contribution is 5.83. The third kappa shape index (κ3) is 3.26. The lowest BCUT2D eigenvalue weighted by Gasteiger charge is -2.04. The summed E-state index contributed by atoms with van der Waals surface area (Å²) in [7, 11) is 0. The summed E-state index contributed by atoms with van der Waals surface area (Å²) in [6.07, 6.45) is 13.3. The second-order valence-electron chi connectivity index (χ2n) is 4.52. The van der Waals surface area contributed by atoms with E-state index in [0.717, 1.165) is 6.42 Å². The number of fused-ring (bicyclic) bond motifs is 1. The van der Waals surface area contributed by atoms with Crippen molar-refractivity contribution in [3.8, 4) is 0 Å². The maximum absolute atomic E-state index is 4.48. The maximum atomic E-state index is 4.48. The molecule has 2 aromatic rings. The van der Waals surface area contributed by atoms with Gasteiger partial charge in [-0.2, -0.15) is 0 Å². The molecule has 2 aromatic heterocycles. The van der Waals surface area contributed by atoms with Crippen LogP contribution in [0, 0.1) is 0 Å². The van der Waals surface area contributed by atoms with Crippen LogP contribution in [0.1, 0.15) is 44.7 Å². The summed E-state index contributed by atoms with van der Waals surface area (Å²) in [5.74, 6) is 0. The zero-order valence-corrected chi connectivity index (χ0v) is 10.5. The molecule has 0 atom stereocenters. The predicted molar refractivity (Wildman–Crippen MR) is 72.0 cm³/mol. The minimum Gasteiger partial charge on any atom is -0.264 e. The summed E-state index contributed by atoms with van der Waals surface area (Å²) >= 11 is 0. The molecule has 0 fully saturated rings. The van der Waals surface area contributed by atoms with Crippen LogP contribution in [0.25, 0.3) is 10.8 Å². The van der Waals surface area contributed by atoms with Crippen LogP contribution in [0.5, 0.6) is 0 Å². The van der Waals surface area contributed by atoms with E-state index in [1.165, 1.54) is 48.6 Å². The number of hydrogen-bond donors (Lipinski definition) is 0. The molecule has 17 heavy (non-hydrogen) atoms. The lowest BCUT2D eigenvalue weighted by Crippen LogP contribution is -1.92. The smallest absolute Gasteiger partial charge is 0.0497 e. The van der Waals surface area contributed by atoms with Gasteiger partial charge in [0, 0.05) is 29.7 Å². The molecule has 0 bridgehead atoms. The van der Waals surface area contributed by atoms with Crippen LogP contribution in [0.2, 0.25) is 0 Å². The summed E-state index contributed by atoms with van der Waals surface area (Å²) in [4.78, 5) is 8.68. The van der Waals surface area contributed by atoms with E-state index in [2.05, 4.69) is 29.0 Å². The molecule has 0 aliphatic rings. The Morgan fingerprint density at radius 3 is 2.71 bits per heavy atom. The van der Waals surface area contributed by atoms with E-state index in [4.69, 9.17) is 0 Å². The van der Waals surface area contributed by atoms with Crippen LogP contribution in [-0.4, -0.2) is 9.97 Å². The zero-order chi connectivity index (χ0) is 11.9. The van der Waals surface area contributed by atoms with Gasteiger partial charge in [0.05, 0.1) is 0 Å². The first-order valence-corrected chi connectivity index (χ1v) is 6.59. The van der Waals surface area contributed by atoms with Gasteiger partial charge < -0.3 is 0 Å². The van der Waals surface area contributed by atoms with Gasteiger partial charge >= 0.3 is 0 Å². The van der Waals surface area contributed by atoms with Crippen LogP contribution < -0.4 is 0 Å². The van der Waals surface area contributed by atoms with E-state index in [0.29, 0.717) is 0 Å². The highest BCUT2D eigenvalue weighted by atomic mass is 14.7. The van der Waals surface area contributed by atoms with Crippen molar-refractivity contribution in [3.63, 3.8) is 0 Å². The Morgan fingerprint density at radius 1 is 1.00 bits per heavy atom. The van der Waals surface area contributed by atoms with Crippen molar-refractivity contribution >= 4 is 10.8 Å². The van der Waals surface area contributed by atoms with E-state index >= 15 is 0 Å². The Labute approximate surface area is 103 Å². The van der Waals surface area contributed by atoms with Gasteiger partial charge in [0.15, 0.2) is 0 Å². The summed E-state index contributed by atoms with van der Waals surface area (Å²) in [5.41, 5.74) is 1.20. The van der Waals surface area contributed by atoms with Crippen molar-refractivity contribution in [2.24, 2.45) is 0 Å². The molecule has 0 radical (unpaired) electrons. The molecule has 90 valence electrons. The Balaban J connectivity index is 1.98. The normalized spacial score (nSPS) is 10.9. The van der Waals surface area contributed by atoms with Crippen molar-refractivity contribution in [2.45, 2.75) is 45.4 Å². The topological polar surface area (TPSA) is 25.8 Å². The molecule has 0 aliphatic carbocycles. The maximum Gasteiger partial charge on any atom is 0.0497 e. The summed E-state index contributed by atoms with van der Waals surface area (Å²) < 4.78 is 0. The van der Waals surface area contributed by atoms with Crippen molar-refractivity contribution in [2.75, 3.05) is 0 Å². The summed E-state index contributed by atoms with van der Waals surface area (Å²) in [6, 6.07) is 4.11. The van der Waals surface area contributed by atoms with E-state index in [1.54, 1.807) is 0 Å². The fourth-order valence-corrected chi connectivity index (χ4v) is 2.16. The Hall–Kier alpha value is -1.44. The lowest BCUT2D eigenvalue weighted by molar-refractivity contribution is 0.629. The monoisotopic (exact) mass is 228 g/mol. The van der Waals surface area contributed by atoms with Crippen LogP contribution in [0.15, 0.2) is 30.7 Å². The van der Waals surface area contributed by atoms with Crippen LogP contribution in [0.4, 0.5) is 0 Å². The minimum absolute atomic E-state index is 1.08. The third-order valence-electron chi connectivity index (χ3n) is 3.17. The van der Waals surface area contributed by atoms with Crippen molar-refractivity contribution < 1.29 is 0 Å². The van der Waals surface area contributed by atoms with E-state index < -0.39 is 0 Å². The quantitative estimate of drug-likeness (QED) is 0.694. The molecule has 0 amide bonds. The molecule has 2 heterocycles. The fraction of sp³-hybridized carbons (Fsp3) is 0.467.